The Morgan fingerprint density at radius 2 is 2.06 bits per heavy atom. The third kappa shape index (κ3) is 2.71. The molecular formula is C15H28N2O. The molecule has 1 heterocycles. The monoisotopic (exact) mass is 252 g/mol. The van der Waals surface area contributed by atoms with Gasteiger partial charge in [0.05, 0.1) is 0 Å². The first-order valence-electron chi connectivity index (χ1n) is 7.57. The van der Waals surface area contributed by atoms with Gasteiger partial charge in [0.25, 0.3) is 0 Å². The van der Waals surface area contributed by atoms with E-state index in [0.717, 1.165) is 45.3 Å². The third-order valence-corrected chi connectivity index (χ3v) is 4.72. The number of likely N-dealkylation sites (tertiary alicyclic amines) is 1. The number of amides is 1. The fourth-order valence-corrected chi connectivity index (χ4v) is 3.88. The highest BCUT2D eigenvalue weighted by Crippen LogP contribution is 2.45. The summed E-state index contributed by atoms with van der Waals surface area (Å²) in [5.74, 6) is 1.58. The topological polar surface area (TPSA) is 46.3 Å². The molecule has 3 nitrogen and oxygen atoms in total. The van der Waals surface area contributed by atoms with Crippen molar-refractivity contribution in [3.05, 3.63) is 0 Å². The summed E-state index contributed by atoms with van der Waals surface area (Å²) >= 11 is 0. The van der Waals surface area contributed by atoms with Gasteiger partial charge in [-0.25, -0.2) is 0 Å². The zero-order valence-electron chi connectivity index (χ0n) is 12.0. The molecule has 2 N–H and O–H groups in total. The van der Waals surface area contributed by atoms with Crippen LogP contribution in [-0.4, -0.2) is 30.4 Å². The van der Waals surface area contributed by atoms with Crippen LogP contribution in [0.3, 0.4) is 0 Å². The first kappa shape index (κ1) is 13.9. The van der Waals surface area contributed by atoms with Crippen LogP contribution in [0.5, 0.6) is 0 Å². The van der Waals surface area contributed by atoms with Crippen molar-refractivity contribution in [2.45, 2.75) is 52.4 Å². The minimum Gasteiger partial charge on any atom is -0.342 e. The number of hydrogen-bond donors (Lipinski definition) is 1. The minimum absolute atomic E-state index is 0.0301. The van der Waals surface area contributed by atoms with Gasteiger partial charge in [0.15, 0.2) is 0 Å². The molecule has 1 aliphatic carbocycles. The van der Waals surface area contributed by atoms with Gasteiger partial charge < -0.3 is 10.6 Å². The van der Waals surface area contributed by atoms with E-state index < -0.39 is 0 Å². The van der Waals surface area contributed by atoms with E-state index in [9.17, 15) is 4.79 Å². The normalized spacial score (nSPS) is 27.1. The van der Waals surface area contributed by atoms with Crippen LogP contribution in [-0.2, 0) is 4.79 Å². The number of carbonyl (C=O) groups excluding carboxylic acids is 1. The van der Waals surface area contributed by atoms with Crippen LogP contribution in [0.1, 0.15) is 52.4 Å². The molecule has 0 aromatic carbocycles. The Morgan fingerprint density at radius 3 is 2.56 bits per heavy atom. The molecular weight excluding hydrogens is 224 g/mol. The van der Waals surface area contributed by atoms with Gasteiger partial charge >= 0.3 is 0 Å². The maximum atomic E-state index is 12.9. The van der Waals surface area contributed by atoms with Crippen molar-refractivity contribution >= 4 is 5.91 Å². The molecule has 1 amide bonds. The molecule has 18 heavy (non-hydrogen) atoms. The molecule has 1 atom stereocenters. The van der Waals surface area contributed by atoms with Gasteiger partial charge in [0.2, 0.25) is 5.91 Å². The SMILES string of the molecule is CC(C)CC1(C(=O)N2CCC(CN)C2)CCCC1. The van der Waals surface area contributed by atoms with Crippen LogP contribution in [0.2, 0.25) is 0 Å². The molecule has 3 heteroatoms. The van der Waals surface area contributed by atoms with Crippen LogP contribution in [0.15, 0.2) is 0 Å². The second-order valence-corrected chi connectivity index (χ2v) is 6.73. The maximum absolute atomic E-state index is 12.9. The Labute approximate surface area is 111 Å². The molecule has 1 saturated carbocycles. The Kier molecular flexibility index (Phi) is 4.31. The van der Waals surface area contributed by atoms with Gasteiger partial charge in [-0.2, -0.15) is 0 Å². The molecule has 104 valence electrons. The summed E-state index contributed by atoms with van der Waals surface area (Å²) in [6.07, 6.45) is 6.83. The fraction of sp³-hybridized carbons (Fsp3) is 0.933. The first-order chi connectivity index (χ1) is 8.57. The van der Waals surface area contributed by atoms with Crippen molar-refractivity contribution in [3.8, 4) is 0 Å². The highest BCUT2D eigenvalue weighted by Gasteiger charge is 2.44. The van der Waals surface area contributed by atoms with Crippen LogP contribution in [0.25, 0.3) is 0 Å². The molecule has 0 aromatic heterocycles. The Morgan fingerprint density at radius 1 is 1.39 bits per heavy atom. The molecule has 0 aromatic rings. The largest absolute Gasteiger partial charge is 0.342 e. The lowest BCUT2D eigenvalue weighted by molar-refractivity contribution is -0.142. The highest BCUT2D eigenvalue weighted by molar-refractivity contribution is 5.83. The van der Waals surface area contributed by atoms with Crippen molar-refractivity contribution < 1.29 is 4.79 Å². The van der Waals surface area contributed by atoms with E-state index in [2.05, 4.69) is 18.7 Å². The summed E-state index contributed by atoms with van der Waals surface area (Å²) in [7, 11) is 0. The molecule has 0 spiro atoms. The van der Waals surface area contributed by atoms with Crippen molar-refractivity contribution in [1.29, 1.82) is 0 Å². The summed E-state index contributed by atoms with van der Waals surface area (Å²) in [5, 5.41) is 0. The van der Waals surface area contributed by atoms with E-state index in [1.54, 1.807) is 0 Å². The van der Waals surface area contributed by atoms with Crippen LogP contribution >= 0.6 is 0 Å². The molecule has 1 saturated heterocycles. The van der Waals surface area contributed by atoms with E-state index in [1.807, 2.05) is 0 Å². The van der Waals surface area contributed by atoms with Gasteiger partial charge in [0, 0.05) is 18.5 Å². The van der Waals surface area contributed by atoms with Crippen molar-refractivity contribution in [2.24, 2.45) is 23.0 Å². The van der Waals surface area contributed by atoms with Gasteiger partial charge in [0.1, 0.15) is 0 Å². The summed E-state index contributed by atoms with van der Waals surface area (Å²) < 4.78 is 0. The van der Waals surface area contributed by atoms with Crippen LogP contribution < -0.4 is 5.73 Å². The third-order valence-electron chi connectivity index (χ3n) is 4.72. The molecule has 2 rings (SSSR count). The number of hydrogen-bond acceptors (Lipinski definition) is 2. The predicted molar refractivity (Wildman–Crippen MR) is 74.1 cm³/mol. The van der Waals surface area contributed by atoms with E-state index in [0.29, 0.717) is 17.7 Å². The summed E-state index contributed by atoms with van der Waals surface area (Å²) in [5.41, 5.74) is 5.70. The fourth-order valence-electron chi connectivity index (χ4n) is 3.88. The quantitative estimate of drug-likeness (QED) is 0.835. The average Bonchev–Trinajstić information content (AvgIpc) is 2.96. The Hall–Kier alpha value is -0.570. The highest BCUT2D eigenvalue weighted by atomic mass is 16.2. The Balaban J connectivity index is 2.05. The maximum Gasteiger partial charge on any atom is 0.228 e. The standard InChI is InChI=1S/C15H28N2O/c1-12(2)9-15(6-3-4-7-15)14(18)17-8-5-13(10-16)11-17/h12-13H,3-11,16H2,1-2H3. The van der Waals surface area contributed by atoms with Gasteiger partial charge in [-0.05, 0) is 44.1 Å². The molecule has 2 fully saturated rings. The number of carbonyl (C=O) groups is 1. The van der Waals surface area contributed by atoms with Crippen molar-refractivity contribution in [3.63, 3.8) is 0 Å². The van der Waals surface area contributed by atoms with Gasteiger partial charge in [-0.1, -0.05) is 26.7 Å². The molecule has 0 bridgehead atoms. The molecule has 2 aliphatic rings. The van der Waals surface area contributed by atoms with Gasteiger partial charge in [-0.3, -0.25) is 4.79 Å². The lowest BCUT2D eigenvalue weighted by Crippen LogP contribution is -2.42. The summed E-state index contributed by atoms with van der Waals surface area (Å²) in [4.78, 5) is 15.0. The molecule has 1 unspecified atom stereocenters. The minimum atomic E-state index is -0.0301. The van der Waals surface area contributed by atoms with Gasteiger partial charge in [-0.15, -0.1) is 0 Å². The lowest BCUT2D eigenvalue weighted by atomic mass is 9.77. The summed E-state index contributed by atoms with van der Waals surface area (Å²) in [6.45, 7) is 7.02. The number of rotatable bonds is 4. The summed E-state index contributed by atoms with van der Waals surface area (Å²) in [6, 6.07) is 0. The number of nitrogens with two attached hydrogens (primary N) is 1. The van der Waals surface area contributed by atoms with Crippen molar-refractivity contribution in [1.82, 2.24) is 4.90 Å². The average molecular weight is 252 g/mol. The van der Waals surface area contributed by atoms with E-state index in [1.165, 1.54) is 12.8 Å². The van der Waals surface area contributed by atoms with E-state index in [-0.39, 0.29) is 5.41 Å². The Bertz CT molecular complexity index is 295. The van der Waals surface area contributed by atoms with E-state index >= 15 is 0 Å². The smallest absolute Gasteiger partial charge is 0.228 e. The molecule has 1 aliphatic heterocycles. The first-order valence-corrected chi connectivity index (χ1v) is 7.57. The molecule has 0 radical (unpaired) electrons. The van der Waals surface area contributed by atoms with Crippen LogP contribution in [0.4, 0.5) is 0 Å². The number of nitrogens with zero attached hydrogens (tertiary/aromatic N) is 1. The second-order valence-electron chi connectivity index (χ2n) is 6.73. The van der Waals surface area contributed by atoms with E-state index in [4.69, 9.17) is 5.73 Å². The van der Waals surface area contributed by atoms with Crippen molar-refractivity contribution in [2.75, 3.05) is 19.6 Å². The lowest BCUT2D eigenvalue weighted by Gasteiger charge is -2.34. The predicted octanol–water partition coefficient (Wildman–Crippen LogP) is 2.40. The zero-order chi connectivity index (χ0) is 13.2. The zero-order valence-corrected chi connectivity index (χ0v) is 12.0. The van der Waals surface area contributed by atoms with Crippen LogP contribution in [0, 0.1) is 17.3 Å². The second kappa shape index (κ2) is 5.60.